The number of benzene rings is 3. The lowest BCUT2D eigenvalue weighted by Gasteiger charge is -2.35. The number of aryl methyl sites for hydroxylation is 5. The largest absolute Gasteiger partial charge is 0.494 e. The fraction of sp³-hybridized carbons (Fsp3) is 0.426. The molecule has 0 radical (unpaired) electrons. The number of ether oxygens (including phenoxy) is 3. The minimum Gasteiger partial charge on any atom is -0.494 e. The van der Waals surface area contributed by atoms with Gasteiger partial charge in [-0.05, 0) is 119 Å². The van der Waals surface area contributed by atoms with Crippen LogP contribution in [0.15, 0.2) is 42.5 Å². The van der Waals surface area contributed by atoms with Crippen LogP contribution in [0.25, 0.3) is 32.9 Å². The maximum Gasteiger partial charge on any atom is 0.352 e. The second-order valence-electron chi connectivity index (χ2n) is 17.7. The Balaban J connectivity index is 1.37. The molecule has 3 aromatic carbocycles. The van der Waals surface area contributed by atoms with Gasteiger partial charge >= 0.3 is 5.97 Å². The molecule has 61 heavy (non-hydrogen) atoms. The van der Waals surface area contributed by atoms with Crippen LogP contribution >= 0.6 is 23.2 Å². The number of amides is 1. The highest BCUT2D eigenvalue weighted by Crippen LogP contribution is 2.46. The number of hydrogen-bond donors (Lipinski definition) is 1. The Labute approximate surface area is 369 Å². The Bertz CT molecular complexity index is 2650. The molecule has 324 valence electrons. The number of nitrogens with zero attached hydrogens (tertiary/aromatic N) is 5. The number of carbonyl (C=O) groups is 2. The molecule has 0 spiro atoms. The van der Waals surface area contributed by atoms with E-state index in [1.165, 1.54) is 0 Å². The van der Waals surface area contributed by atoms with Crippen LogP contribution in [-0.2, 0) is 29.2 Å². The first-order valence-corrected chi connectivity index (χ1v) is 25.4. The van der Waals surface area contributed by atoms with Crippen LogP contribution in [0.2, 0.25) is 35.7 Å². The van der Waals surface area contributed by atoms with Crippen molar-refractivity contribution in [2.45, 2.75) is 99.4 Å². The fourth-order valence-corrected chi connectivity index (χ4v) is 9.96. The van der Waals surface area contributed by atoms with Crippen molar-refractivity contribution in [2.24, 2.45) is 0 Å². The number of halogens is 2. The minimum atomic E-state index is -1.27. The number of aromatic carboxylic acids is 1. The number of rotatable bonds is 16. The topological polar surface area (TPSA) is 113 Å². The molecule has 0 bridgehead atoms. The van der Waals surface area contributed by atoms with Crippen molar-refractivity contribution in [3.05, 3.63) is 97.5 Å². The highest BCUT2D eigenvalue weighted by atomic mass is 35.5. The normalized spacial score (nSPS) is 14.5. The van der Waals surface area contributed by atoms with Crippen molar-refractivity contribution in [1.29, 1.82) is 0 Å². The number of hydrogen-bond acceptors (Lipinski definition) is 6. The maximum absolute atomic E-state index is 15.5. The SMILES string of the molecule is COCCn1c(C(=O)O)cc2cc(C)cc(N3C[C@@H](C)n4c(c(CCCOc5cc(C)c(Cl)c(C)c5)c5ccc(Cl)c(-c6c(C)nn(COCC[Si](C)(C)C)c6C)c54)C3=O)c21. The summed E-state index contributed by atoms with van der Waals surface area (Å²) in [6.45, 7) is 21.5. The number of fused-ring (bicyclic) bond motifs is 4. The third kappa shape index (κ3) is 8.62. The molecule has 6 aromatic rings. The number of carboxylic acids is 1. The summed E-state index contributed by atoms with van der Waals surface area (Å²) in [7, 11) is 0.321. The number of aromatic nitrogens is 4. The molecule has 1 amide bonds. The van der Waals surface area contributed by atoms with E-state index in [0.29, 0.717) is 74.4 Å². The summed E-state index contributed by atoms with van der Waals surface area (Å²) in [5.74, 6) is -0.458. The average Bonchev–Trinajstić information content (AvgIpc) is 3.82. The first-order chi connectivity index (χ1) is 28.9. The van der Waals surface area contributed by atoms with Crippen molar-refractivity contribution in [3.8, 4) is 16.9 Å². The molecule has 0 saturated carbocycles. The van der Waals surface area contributed by atoms with E-state index in [1.807, 2.05) is 80.6 Å². The van der Waals surface area contributed by atoms with Gasteiger partial charge in [0.15, 0.2) is 0 Å². The first-order valence-electron chi connectivity index (χ1n) is 21.0. The van der Waals surface area contributed by atoms with Gasteiger partial charge in [-0.2, -0.15) is 5.10 Å². The summed E-state index contributed by atoms with van der Waals surface area (Å²) in [5, 5.41) is 18.2. The van der Waals surface area contributed by atoms with Gasteiger partial charge in [0, 0.05) is 73.5 Å². The minimum absolute atomic E-state index is 0.143. The maximum atomic E-state index is 15.5. The smallest absolute Gasteiger partial charge is 0.352 e. The van der Waals surface area contributed by atoms with Crippen LogP contribution in [0, 0.1) is 34.6 Å². The van der Waals surface area contributed by atoms with Gasteiger partial charge in [0.05, 0.1) is 40.7 Å². The van der Waals surface area contributed by atoms with Gasteiger partial charge in [-0.15, -0.1) is 0 Å². The van der Waals surface area contributed by atoms with Gasteiger partial charge in [-0.1, -0.05) is 48.9 Å². The zero-order valence-electron chi connectivity index (χ0n) is 37.0. The van der Waals surface area contributed by atoms with Gasteiger partial charge in [-0.3, -0.25) is 4.79 Å². The molecule has 0 unspecified atom stereocenters. The summed E-state index contributed by atoms with van der Waals surface area (Å²) >= 11 is 13.7. The highest BCUT2D eigenvalue weighted by Gasteiger charge is 2.38. The number of methoxy groups -OCH3 is 1. The first kappa shape index (κ1) is 44.5. The van der Waals surface area contributed by atoms with Crippen LogP contribution in [0.3, 0.4) is 0 Å². The summed E-state index contributed by atoms with van der Waals surface area (Å²) in [4.78, 5) is 29.9. The lowest BCUT2D eigenvalue weighted by Crippen LogP contribution is -2.43. The van der Waals surface area contributed by atoms with E-state index < -0.39 is 14.0 Å². The van der Waals surface area contributed by atoms with Gasteiger partial charge in [0.2, 0.25) is 0 Å². The highest BCUT2D eigenvalue weighted by molar-refractivity contribution is 6.76. The molecule has 1 atom stereocenters. The molecular formula is C47H57Cl2N5O6Si. The molecule has 11 nitrogen and oxygen atoms in total. The van der Waals surface area contributed by atoms with Crippen LogP contribution in [0.5, 0.6) is 5.75 Å². The quantitative estimate of drug-likeness (QED) is 0.0760. The van der Waals surface area contributed by atoms with E-state index in [2.05, 4.69) is 31.1 Å². The number of carboxylic acid groups (broad SMARTS) is 1. The average molecular weight is 887 g/mol. The van der Waals surface area contributed by atoms with Crippen molar-refractivity contribution in [2.75, 3.05) is 38.4 Å². The number of carbonyl (C=O) groups excluding carboxylic acids is 1. The Morgan fingerprint density at radius 3 is 2.34 bits per heavy atom. The zero-order chi connectivity index (χ0) is 44.1. The van der Waals surface area contributed by atoms with Crippen LogP contribution in [-0.4, -0.2) is 77.4 Å². The molecular weight excluding hydrogens is 830 g/mol. The molecule has 0 fully saturated rings. The van der Waals surface area contributed by atoms with E-state index in [4.69, 9.17) is 42.5 Å². The molecule has 1 aliphatic heterocycles. The summed E-state index contributed by atoms with van der Waals surface area (Å²) < 4.78 is 23.7. The van der Waals surface area contributed by atoms with Gasteiger partial charge in [0.25, 0.3) is 5.91 Å². The van der Waals surface area contributed by atoms with Crippen LogP contribution in [0.4, 0.5) is 5.69 Å². The van der Waals surface area contributed by atoms with E-state index in [9.17, 15) is 9.90 Å². The molecule has 3 aromatic heterocycles. The molecule has 0 saturated heterocycles. The third-order valence-electron chi connectivity index (χ3n) is 11.8. The Hall–Kier alpha value is -4.59. The molecule has 7 rings (SSSR count). The molecule has 14 heteroatoms. The molecule has 1 aliphatic rings. The monoisotopic (exact) mass is 885 g/mol. The third-order valence-corrected chi connectivity index (χ3v) is 14.4. The van der Waals surface area contributed by atoms with E-state index in [1.54, 1.807) is 17.7 Å². The van der Waals surface area contributed by atoms with Crippen LogP contribution in [0.1, 0.15) is 74.0 Å². The van der Waals surface area contributed by atoms with Crippen molar-refractivity contribution < 1.29 is 28.9 Å². The van der Waals surface area contributed by atoms with Gasteiger partial charge < -0.3 is 33.4 Å². The van der Waals surface area contributed by atoms with Crippen molar-refractivity contribution >= 4 is 70.6 Å². The van der Waals surface area contributed by atoms with Crippen LogP contribution < -0.4 is 9.64 Å². The number of anilines is 1. The van der Waals surface area contributed by atoms with Gasteiger partial charge in [-0.25, -0.2) is 9.48 Å². The van der Waals surface area contributed by atoms with E-state index >= 15 is 4.79 Å². The fourth-order valence-electron chi connectivity index (χ4n) is 8.85. The lowest BCUT2D eigenvalue weighted by atomic mass is 9.98. The standard InChI is InChI=1S/C47H57Cl2N5O6Si/c1-27-20-33-24-39(47(56)57)51(15-17-58-7)43(33)38(21-27)52-25-30(4)54-44-36(35(45(54)46(52)55)12-11-16-60-34-22-28(2)42(49)29(3)23-34)13-14-37(48)41(44)40-31(5)50-53(32(40)6)26-59-18-19-61(8,9)10/h13-14,20-24,30H,11-12,15-19,25-26H2,1-10H3,(H,56,57)/t30-/m1/s1. The predicted octanol–water partition coefficient (Wildman–Crippen LogP) is 11.2. The summed E-state index contributed by atoms with van der Waals surface area (Å²) in [6.07, 6.45) is 1.18. The second-order valence-corrected chi connectivity index (χ2v) is 24.1. The van der Waals surface area contributed by atoms with Crippen molar-refractivity contribution in [3.63, 3.8) is 0 Å². The Morgan fingerprint density at radius 2 is 1.67 bits per heavy atom. The zero-order valence-corrected chi connectivity index (χ0v) is 39.5. The summed E-state index contributed by atoms with van der Waals surface area (Å²) in [6, 6.07) is 14.4. The Morgan fingerprint density at radius 1 is 0.951 bits per heavy atom. The lowest BCUT2D eigenvalue weighted by molar-refractivity contribution is 0.0683. The van der Waals surface area contributed by atoms with E-state index in [-0.39, 0.29) is 17.6 Å². The Kier molecular flexibility index (Phi) is 12.9. The van der Waals surface area contributed by atoms with Gasteiger partial charge in [0.1, 0.15) is 23.9 Å². The molecule has 4 heterocycles. The second kappa shape index (κ2) is 17.6. The van der Waals surface area contributed by atoms with E-state index in [0.717, 1.165) is 77.9 Å². The van der Waals surface area contributed by atoms with Crippen molar-refractivity contribution in [1.82, 2.24) is 18.9 Å². The summed E-state index contributed by atoms with van der Waals surface area (Å²) in [5.41, 5.74) is 10.2. The predicted molar refractivity (Wildman–Crippen MR) is 248 cm³/mol. The molecule has 1 N–H and O–H groups in total. The molecule has 0 aliphatic carbocycles.